The highest BCUT2D eigenvalue weighted by atomic mass is 32.2. The largest absolute Gasteiger partial charge is 0.478 e. The maximum absolute atomic E-state index is 12.0. The lowest BCUT2D eigenvalue weighted by atomic mass is 9.47. The number of aromatic carboxylic acids is 1. The van der Waals surface area contributed by atoms with Crippen molar-refractivity contribution in [2.24, 2.45) is 28.6 Å². The molecule has 2 aliphatic rings. The molecule has 2 fully saturated rings. The van der Waals surface area contributed by atoms with Crippen LogP contribution in [0, 0.1) is 28.6 Å². The summed E-state index contributed by atoms with van der Waals surface area (Å²) in [5.74, 6) is 1.41. The van der Waals surface area contributed by atoms with Crippen LogP contribution in [0.15, 0.2) is 23.1 Å². The Labute approximate surface area is 178 Å². The van der Waals surface area contributed by atoms with E-state index in [0.29, 0.717) is 28.2 Å². The summed E-state index contributed by atoms with van der Waals surface area (Å²) >= 11 is 1.69. The molecule has 0 heterocycles. The predicted molar refractivity (Wildman–Crippen MR) is 117 cm³/mol. The first-order valence-electron chi connectivity index (χ1n) is 10.7. The molecule has 3 rings (SSSR count). The SMILES string of the molecule is COC(=O)c1cc(SCC2C(C)CCC3C(C)(C)CCCC23C)cc(C(=O)O)c1. The maximum atomic E-state index is 12.0. The fourth-order valence-electron chi connectivity index (χ4n) is 6.19. The summed E-state index contributed by atoms with van der Waals surface area (Å²) in [4.78, 5) is 24.3. The van der Waals surface area contributed by atoms with Gasteiger partial charge in [-0.25, -0.2) is 9.59 Å². The minimum atomic E-state index is -1.02. The van der Waals surface area contributed by atoms with Crippen LogP contribution in [-0.4, -0.2) is 29.9 Å². The molecule has 29 heavy (non-hydrogen) atoms. The molecular weight excluding hydrogens is 384 g/mol. The average molecular weight is 419 g/mol. The predicted octanol–water partition coefficient (Wildman–Crippen LogP) is 6.14. The topological polar surface area (TPSA) is 63.6 Å². The summed E-state index contributed by atoms with van der Waals surface area (Å²) < 4.78 is 4.81. The van der Waals surface area contributed by atoms with Crippen molar-refractivity contribution in [3.8, 4) is 0 Å². The molecule has 0 radical (unpaired) electrons. The van der Waals surface area contributed by atoms with E-state index < -0.39 is 11.9 Å². The number of carboxylic acid groups (broad SMARTS) is 1. The molecule has 2 saturated carbocycles. The zero-order chi connectivity index (χ0) is 21.4. The average Bonchev–Trinajstić information content (AvgIpc) is 2.65. The van der Waals surface area contributed by atoms with Gasteiger partial charge in [-0.15, -0.1) is 11.8 Å². The summed E-state index contributed by atoms with van der Waals surface area (Å²) in [5.41, 5.74) is 1.14. The number of hydrogen-bond donors (Lipinski definition) is 1. The first kappa shape index (κ1) is 22.2. The molecule has 4 nitrogen and oxygen atoms in total. The third kappa shape index (κ3) is 4.35. The van der Waals surface area contributed by atoms with Crippen LogP contribution < -0.4 is 0 Å². The van der Waals surface area contributed by atoms with E-state index in [2.05, 4.69) is 27.7 Å². The Balaban J connectivity index is 1.85. The zero-order valence-electron chi connectivity index (χ0n) is 18.3. The number of esters is 1. The molecule has 4 atom stereocenters. The van der Waals surface area contributed by atoms with Gasteiger partial charge in [0.05, 0.1) is 18.2 Å². The summed E-state index contributed by atoms with van der Waals surface area (Å²) in [6.45, 7) is 9.75. The van der Waals surface area contributed by atoms with Gasteiger partial charge in [0.2, 0.25) is 0 Å². The van der Waals surface area contributed by atoms with Gasteiger partial charge >= 0.3 is 11.9 Å². The van der Waals surface area contributed by atoms with Crippen LogP contribution in [0.25, 0.3) is 0 Å². The molecule has 0 spiro atoms. The maximum Gasteiger partial charge on any atom is 0.337 e. The van der Waals surface area contributed by atoms with Crippen molar-refractivity contribution in [2.45, 2.75) is 64.7 Å². The van der Waals surface area contributed by atoms with Crippen LogP contribution in [0.1, 0.15) is 80.5 Å². The van der Waals surface area contributed by atoms with Crippen LogP contribution in [0.3, 0.4) is 0 Å². The summed E-state index contributed by atoms with van der Waals surface area (Å²) in [6.07, 6.45) is 6.45. The number of fused-ring (bicyclic) bond motifs is 1. The lowest BCUT2D eigenvalue weighted by molar-refractivity contribution is -0.0850. The second-order valence-electron chi connectivity index (χ2n) is 9.92. The quantitative estimate of drug-likeness (QED) is 0.459. The van der Waals surface area contributed by atoms with Gasteiger partial charge in [-0.2, -0.15) is 0 Å². The van der Waals surface area contributed by atoms with Gasteiger partial charge in [0.1, 0.15) is 0 Å². The molecular formula is C24H34O4S. The van der Waals surface area contributed by atoms with E-state index in [1.54, 1.807) is 23.9 Å². The number of carboxylic acids is 1. The molecule has 1 N–H and O–H groups in total. The normalized spacial score (nSPS) is 31.0. The first-order valence-corrected chi connectivity index (χ1v) is 11.7. The van der Waals surface area contributed by atoms with Crippen molar-refractivity contribution in [1.82, 2.24) is 0 Å². The Kier molecular flexibility index (Phi) is 6.38. The van der Waals surface area contributed by atoms with Crippen molar-refractivity contribution < 1.29 is 19.4 Å². The number of hydrogen-bond acceptors (Lipinski definition) is 4. The second kappa shape index (κ2) is 8.33. The van der Waals surface area contributed by atoms with E-state index in [0.717, 1.165) is 16.6 Å². The number of carbonyl (C=O) groups excluding carboxylic acids is 1. The highest BCUT2D eigenvalue weighted by molar-refractivity contribution is 7.99. The number of rotatable bonds is 5. The van der Waals surface area contributed by atoms with E-state index in [1.165, 1.54) is 45.3 Å². The van der Waals surface area contributed by atoms with Gasteiger partial charge in [-0.05, 0) is 66.0 Å². The summed E-state index contributed by atoms with van der Waals surface area (Å²) in [7, 11) is 1.32. The van der Waals surface area contributed by atoms with Crippen molar-refractivity contribution in [3.05, 3.63) is 29.3 Å². The van der Waals surface area contributed by atoms with Crippen LogP contribution in [-0.2, 0) is 4.74 Å². The molecule has 2 aliphatic carbocycles. The van der Waals surface area contributed by atoms with Gasteiger partial charge in [0, 0.05) is 10.6 Å². The second-order valence-corrected chi connectivity index (χ2v) is 11.0. The highest BCUT2D eigenvalue weighted by Crippen LogP contribution is 2.61. The molecule has 0 bridgehead atoms. The van der Waals surface area contributed by atoms with Gasteiger partial charge in [0.25, 0.3) is 0 Å². The molecule has 0 saturated heterocycles. The molecule has 1 aromatic rings. The van der Waals surface area contributed by atoms with Crippen LogP contribution >= 0.6 is 11.8 Å². The Morgan fingerprint density at radius 1 is 1.14 bits per heavy atom. The molecule has 1 aromatic carbocycles. The monoisotopic (exact) mass is 418 g/mol. The van der Waals surface area contributed by atoms with Crippen molar-refractivity contribution in [1.29, 1.82) is 0 Å². The van der Waals surface area contributed by atoms with Crippen molar-refractivity contribution in [2.75, 3.05) is 12.9 Å². The van der Waals surface area contributed by atoms with Gasteiger partial charge in [0.15, 0.2) is 0 Å². The Bertz CT molecular complexity index is 787. The van der Waals surface area contributed by atoms with Gasteiger partial charge in [-0.3, -0.25) is 0 Å². The standard InChI is InChI=1S/C24H34O4S/c1-15-7-8-20-23(2,3)9-6-10-24(20,4)19(15)14-29-18-12-16(21(25)26)11-17(13-18)22(27)28-5/h11-13,15,19-20H,6-10,14H2,1-5H3,(H,25,26). The minimum Gasteiger partial charge on any atom is -0.478 e. The third-order valence-electron chi connectivity index (χ3n) is 7.72. The summed E-state index contributed by atoms with van der Waals surface area (Å²) in [6, 6.07) is 4.83. The number of carbonyl (C=O) groups is 2. The molecule has 160 valence electrons. The van der Waals surface area contributed by atoms with E-state index in [4.69, 9.17) is 4.74 Å². The smallest absolute Gasteiger partial charge is 0.337 e. The van der Waals surface area contributed by atoms with Crippen molar-refractivity contribution >= 4 is 23.7 Å². The number of ether oxygens (including phenoxy) is 1. The fourth-order valence-corrected chi connectivity index (χ4v) is 7.70. The molecule has 5 heteroatoms. The van der Waals surface area contributed by atoms with Gasteiger partial charge in [-0.1, -0.05) is 40.5 Å². The van der Waals surface area contributed by atoms with E-state index >= 15 is 0 Å². The van der Waals surface area contributed by atoms with E-state index in [1.807, 2.05) is 0 Å². The third-order valence-corrected chi connectivity index (χ3v) is 8.82. The van der Waals surface area contributed by atoms with E-state index in [9.17, 15) is 14.7 Å². The Morgan fingerprint density at radius 2 is 1.83 bits per heavy atom. The number of methoxy groups -OCH3 is 1. The van der Waals surface area contributed by atoms with Crippen LogP contribution in [0.5, 0.6) is 0 Å². The highest BCUT2D eigenvalue weighted by Gasteiger charge is 2.53. The fraction of sp³-hybridized carbons (Fsp3) is 0.667. The van der Waals surface area contributed by atoms with E-state index in [-0.39, 0.29) is 5.56 Å². The molecule has 0 aromatic heterocycles. The lowest BCUT2D eigenvalue weighted by Crippen LogP contribution is -2.51. The lowest BCUT2D eigenvalue weighted by Gasteiger charge is -2.59. The van der Waals surface area contributed by atoms with Crippen LogP contribution in [0.4, 0.5) is 0 Å². The first-order chi connectivity index (χ1) is 13.6. The van der Waals surface area contributed by atoms with Gasteiger partial charge < -0.3 is 9.84 Å². The van der Waals surface area contributed by atoms with Crippen molar-refractivity contribution in [3.63, 3.8) is 0 Å². The number of thioether (sulfide) groups is 1. The number of benzene rings is 1. The minimum absolute atomic E-state index is 0.134. The van der Waals surface area contributed by atoms with Crippen LogP contribution in [0.2, 0.25) is 0 Å². The Hall–Kier alpha value is -1.49. The molecule has 0 amide bonds. The zero-order valence-corrected chi connectivity index (χ0v) is 19.1. The summed E-state index contributed by atoms with van der Waals surface area (Å²) in [5, 5.41) is 9.44. The molecule has 0 aliphatic heterocycles. The molecule has 4 unspecified atom stereocenters. The Morgan fingerprint density at radius 3 is 2.48 bits per heavy atom.